The lowest BCUT2D eigenvalue weighted by Gasteiger charge is -2.03. The molecule has 0 fully saturated rings. The van der Waals surface area contributed by atoms with Crippen LogP contribution in [0, 0.1) is 0 Å². The Balaban J connectivity index is 1.90. The summed E-state index contributed by atoms with van der Waals surface area (Å²) < 4.78 is 4.95. The van der Waals surface area contributed by atoms with Gasteiger partial charge in [-0.3, -0.25) is 0 Å². The van der Waals surface area contributed by atoms with Gasteiger partial charge in [-0.25, -0.2) is 15.0 Å². The second-order valence-corrected chi connectivity index (χ2v) is 4.18. The van der Waals surface area contributed by atoms with Gasteiger partial charge in [0.2, 0.25) is 0 Å². The zero-order valence-corrected chi connectivity index (χ0v) is 10.4. The predicted octanol–water partition coefficient (Wildman–Crippen LogP) is 1.34. The van der Waals surface area contributed by atoms with Crippen molar-refractivity contribution in [2.45, 2.75) is 6.54 Å². The molecule has 6 heteroatoms. The van der Waals surface area contributed by atoms with Crippen molar-refractivity contribution in [1.29, 1.82) is 0 Å². The molecule has 2 rings (SSSR count). The monoisotopic (exact) mass is 250 g/mol. The van der Waals surface area contributed by atoms with Crippen molar-refractivity contribution in [2.24, 2.45) is 0 Å². The van der Waals surface area contributed by atoms with Gasteiger partial charge in [-0.05, 0) is 0 Å². The lowest BCUT2D eigenvalue weighted by molar-refractivity contribution is 0.199. The second-order valence-electron chi connectivity index (χ2n) is 3.46. The van der Waals surface area contributed by atoms with E-state index in [1.807, 2.05) is 17.8 Å². The van der Waals surface area contributed by atoms with E-state index in [9.17, 15) is 0 Å². The molecule has 2 heterocycles. The lowest BCUT2D eigenvalue weighted by Crippen LogP contribution is -2.18. The van der Waals surface area contributed by atoms with Crippen LogP contribution in [0.15, 0.2) is 23.3 Å². The van der Waals surface area contributed by atoms with E-state index in [-0.39, 0.29) is 0 Å². The molecule has 90 valence electrons. The van der Waals surface area contributed by atoms with Crippen molar-refractivity contribution >= 4 is 11.3 Å². The molecule has 0 aromatic carbocycles. The molecule has 0 saturated heterocycles. The van der Waals surface area contributed by atoms with Crippen LogP contribution in [-0.4, -0.2) is 35.2 Å². The van der Waals surface area contributed by atoms with E-state index >= 15 is 0 Å². The molecule has 1 N–H and O–H groups in total. The van der Waals surface area contributed by atoms with E-state index in [0.29, 0.717) is 12.4 Å². The maximum Gasteiger partial charge on any atom is 0.178 e. The quantitative estimate of drug-likeness (QED) is 0.784. The predicted molar refractivity (Wildman–Crippen MR) is 66.7 cm³/mol. The summed E-state index contributed by atoms with van der Waals surface area (Å²) in [5, 5.41) is 5.17. The van der Waals surface area contributed by atoms with E-state index in [4.69, 9.17) is 4.74 Å². The highest BCUT2D eigenvalue weighted by atomic mass is 32.1. The first kappa shape index (κ1) is 12.1. The highest BCUT2D eigenvalue weighted by molar-refractivity contribution is 7.07. The Hall–Kier alpha value is -1.37. The summed E-state index contributed by atoms with van der Waals surface area (Å²) >= 11 is 1.54. The number of nitrogens with zero attached hydrogens (tertiary/aromatic N) is 3. The molecule has 0 atom stereocenters. The maximum atomic E-state index is 4.95. The molecule has 17 heavy (non-hydrogen) atoms. The van der Waals surface area contributed by atoms with Crippen molar-refractivity contribution in [3.05, 3.63) is 28.8 Å². The van der Waals surface area contributed by atoms with Gasteiger partial charge in [0.15, 0.2) is 5.82 Å². The number of hydrogen-bond donors (Lipinski definition) is 1. The van der Waals surface area contributed by atoms with Crippen molar-refractivity contribution in [2.75, 3.05) is 20.3 Å². The Labute approximate surface area is 104 Å². The summed E-state index contributed by atoms with van der Waals surface area (Å²) in [5.74, 6) is 0.673. The van der Waals surface area contributed by atoms with Gasteiger partial charge in [0.1, 0.15) is 5.69 Å². The summed E-state index contributed by atoms with van der Waals surface area (Å²) in [4.78, 5) is 12.7. The Bertz CT molecular complexity index is 429. The zero-order chi connectivity index (χ0) is 11.9. The van der Waals surface area contributed by atoms with Gasteiger partial charge in [0.05, 0.1) is 12.1 Å². The normalized spacial score (nSPS) is 10.6. The summed E-state index contributed by atoms with van der Waals surface area (Å²) in [6.07, 6.45) is 3.64. The van der Waals surface area contributed by atoms with Gasteiger partial charge in [-0.15, -0.1) is 11.3 Å². The molecule has 0 radical (unpaired) electrons. The topological polar surface area (TPSA) is 59.9 Å². The van der Waals surface area contributed by atoms with Crippen LogP contribution in [0.2, 0.25) is 0 Å². The van der Waals surface area contributed by atoms with Gasteiger partial charge >= 0.3 is 0 Å². The third-order valence-corrected chi connectivity index (χ3v) is 2.77. The van der Waals surface area contributed by atoms with Crippen LogP contribution < -0.4 is 5.32 Å². The fourth-order valence-corrected chi connectivity index (χ4v) is 1.84. The molecule has 0 aliphatic carbocycles. The minimum absolute atomic E-state index is 0.673. The lowest BCUT2D eigenvalue weighted by atomic mass is 10.3. The van der Waals surface area contributed by atoms with Crippen molar-refractivity contribution < 1.29 is 4.74 Å². The van der Waals surface area contributed by atoms with Crippen molar-refractivity contribution in [3.8, 4) is 11.5 Å². The van der Waals surface area contributed by atoms with E-state index in [1.54, 1.807) is 24.0 Å². The Morgan fingerprint density at radius 2 is 2.12 bits per heavy atom. The van der Waals surface area contributed by atoms with Gasteiger partial charge in [-0.1, -0.05) is 0 Å². The molecule has 0 aliphatic heterocycles. The van der Waals surface area contributed by atoms with Crippen molar-refractivity contribution in [3.63, 3.8) is 0 Å². The highest BCUT2D eigenvalue weighted by Crippen LogP contribution is 2.13. The molecule has 0 spiro atoms. The van der Waals surface area contributed by atoms with Gasteiger partial charge in [0, 0.05) is 43.5 Å². The zero-order valence-electron chi connectivity index (χ0n) is 9.59. The molecule has 2 aromatic rings. The number of thiazole rings is 1. The van der Waals surface area contributed by atoms with E-state index < -0.39 is 0 Å². The van der Waals surface area contributed by atoms with Crippen molar-refractivity contribution in [1.82, 2.24) is 20.3 Å². The summed E-state index contributed by atoms with van der Waals surface area (Å²) in [5.41, 5.74) is 3.66. The second kappa shape index (κ2) is 6.39. The Morgan fingerprint density at radius 1 is 1.29 bits per heavy atom. The van der Waals surface area contributed by atoms with Crippen LogP contribution >= 0.6 is 11.3 Å². The molecule has 0 saturated carbocycles. The highest BCUT2D eigenvalue weighted by Gasteiger charge is 2.02. The number of rotatable bonds is 6. The number of methoxy groups -OCH3 is 1. The molecule has 5 nitrogen and oxygen atoms in total. The maximum absolute atomic E-state index is 4.95. The van der Waals surface area contributed by atoms with Crippen LogP contribution in [0.3, 0.4) is 0 Å². The van der Waals surface area contributed by atoms with Crippen LogP contribution in [0.25, 0.3) is 11.5 Å². The fraction of sp³-hybridized carbons (Fsp3) is 0.364. The standard InChI is InChI=1S/C11H14N4OS/c1-16-3-2-12-4-9-5-13-11(14-6-9)10-7-17-8-15-10/h5-8,12H,2-4H2,1H3. The molecule has 0 unspecified atom stereocenters. The molecule has 0 aliphatic rings. The average Bonchev–Trinajstić information content (AvgIpc) is 2.89. The third kappa shape index (κ3) is 3.55. The van der Waals surface area contributed by atoms with Crippen LogP contribution in [0.5, 0.6) is 0 Å². The summed E-state index contributed by atoms with van der Waals surface area (Å²) in [6.45, 7) is 2.28. The van der Waals surface area contributed by atoms with Crippen LogP contribution in [0.1, 0.15) is 5.56 Å². The Kier molecular flexibility index (Phi) is 4.54. The van der Waals surface area contributed by atoms with E-state index in [1.165, 1.54) is 0 Å². The molecular formula is C11H14N4OS. The van der Waals surface area contributed by atoms with E-state index in [2.05, 4.69) is 20.3 Å². The molecular weight excluding hydrogens is 236 g/mol. The SMILES string of the molecule is COCCNCc1cnc(-c2cscn2)nc1. The van der Waals surface area contributed by atoms with E-state index in [0.717, 1.165) is 24.3 Å². The third-order valence-electron chi connectivity index (χ3n) is 2.18. The number of nitrogens with one attached hydrogen (secondary N) is 1. The van der Waals surface area contributed by atoms with Crippen LogP contribution in [-0.2, 0) is 11.3 Å². The summed E-state index contributed by atoms with van der Waals surface area (Å²) in [6, 6.07) is 0. The minimum Gasteiger partial charge on any atom is -0.383 e. The van der Waals surface area contributed by atoms with Gasteiger partial charge in [0.25, 0.3) is 0 Å². The summed E-state index contributed by atoms with van der Waals surface area (Å²) in [7, 11) is 1.69. The number of aromatic nitrogens is 3. The fourth-order valence-electron chi connectivity index (χ4n) is 1.31. The Morgan fingerprint density at radius 3 is 2.76 bits per heavy atom. The molecule has 2 aromatic heterocycles. The first-order valence-corrected chi connectivity index (χ1v) is 6.23. The van der Waals surface area contributed by atoms with Gasteiger partial charge < -0.3 is 10.1 Å². The molecule has 0 amide bonds. The van der Waals surface area contributed by atoms with Crippen LogP contribution in [0.4, 0.5) is 0 Å². The molecule has 0 bridgehead atoms. The largest absolute Gasteiger partial charge is 0.383 e. The van der Waals surface area contributed by atoms with Gasteiger partial charge in [-0.2, -0.15) is 0 Å². The first-order chi connectivity index (χ1) is 8.40. The average molecular weight is 250 g/mol. The number of hydrogen-bond acceptors (Lipinski definition) is 6. The first-order valence-electron chi connectivity index (χ1n) is 5.29. The minimum atomic E-state index is 0.673. The number of ether oxygens (including phenoxy) is 1. The smallest absolute Gasteiger partial charge is 0.178 e.